The molecule has 0 N–H and O–H groups in total. The summed E-state index contributed by atoms with van der Waals surface area (Å²) in [7, 11) is 0. The summed E-state index contributed by atoms with van der Waals surface area (Å²) in [6.45, 7) is 0. The number of fused-ring (bicyclic) bond motifs is 21. The molecular weight excluding hydrogens is 1780 g/mol. The van der Waals surface area contributed by atoms with Gasteiger partial charge in [0.1, 0.15) is 44.7 Å². The minimum Gasteiger partial charge on any atom is -0.456 e. The molecule has 0 aliphatic carbocycles. The second-order valence-electron chi connectivity index (χ2n) is 36.1. The van der Waals surface area contributed by atoms with Crippen LogP contribution in [0.3, 0.4) is 0 Å². The molecule has 0 fully saturated rings. The molecule has 0 amide bonds. The molecule has 0 saturated heterocycles. The summed E-state index contributed by atoms with van der Waals surface area (Å²) in [5, 5.41) is 15.3. The first kappa shape index (κ1) is 83.2. The third kappa shape index (κ3) is 14.5. The summed E-state index contributed by atoms with van der Waals surface area (Å²) in [6, 6.07) is 162. The lowest BCUT2D eigenvalue weighted by Gasteiger charge is -2.11. The lowest BCUT2D eigenvalue weighted by molar-refractivity contribution is 0.668. The van der Waals surface area contributed by atoms with Crippen molar-refractivity contribution in [3.05, 3.63) is 473 Å². The Balaban J connectivity index is 0.000000106. The molecule has 10 heterocycles. The number of nitrogens with zero attached hydrogens (tertiary/aromatic N) is 12. The second-order valence-corrected chi connectivity index (χ2v) is 36.1. The van der Waals surface area contributed by atoms with Crippen molar-refractivity contribution in [3.63, 3.8) is 0 Å². The molecular formula is C129H78N12O4. The van der Waals surface area contributed by atoms with E-state index in [-0.39, 0.29) is 0 Å². The standard InChI is InChI=1S/C45H26N4O2.C45H28N4O.C39H24N4O/c1-2-11-29(12-3-1)49-36-17-7-4-15-34(36)42-35(16-10-18-37(42)49)45-47-43(27-21-23-32-30-13-5-8-19-38(30)50-40(32)25-27)46-44(48-45)28-22-24-33-31-14-6-9-20-39(31)51-41(33)26-28;1-3-12-29(13-4-1)30-22-24-31(25-23-30)43-46-44(32-26-27-35-34-16-8-10-21-40(34)50-41(35)28-32)48-45(47-43)37-18-11-20-39-42(37)36-17-7-9-19-38(36)49(39)33-14-5-2-6-15-33;1-3-12-25(13-4-1)37-40-38(26-22-23-29-28-16-8-10-21-34(28)44-35(29)24-26)42-39(41-37)31-18-11-20-33-36(31)30-17-7-9-19-32(30)43(33)27-14-5-2-6-15-27/h1-26H;1-28H;1-24H. The Hall–Kier alpha value is -20.0. The van der Waals surface area contributed by atoms with Crippen molar-refractivity contribution >= 4 is 153 Å². The minimum atomic E-state index is 0.561. The molecule has 0 saturated carbocycles. The predicted molar refractivity (Wildman–Crippen MR) is 586 cm³/mol. The van der Waals surface area contributed by atoms with Crippen molar-refractivity contribution in [1.29, 1.82) is 0 Å². The van der Waals surface area contributed by atoms with Crippen LogP contribution in [-0.2, 0) is 0 Å². The van der Waals surface area contributed by atoms with Crippen molar-refractivity contribution < 1.29 is 17.7 Å². The highest BCUT2D eigenvalue weighted by Gasteiger charge is 2.27. The molecule has 0 aliphatic rings. The topological polar surface area (TPSA) is 183 Å². The Morgan fingerprint density at radius 1 is 0.131 bits per heavy atom. The Morgan fingerprint density at radius 3 is 0.628 bits per heavy atom. The van der Waals surface area contributed by atoms with Gasteiger partial charge >= 0.3 is 0 Å². The molecule has 20 aromatic carbocycles. The van der Waals surface area contributed by atoms with Gasteiger partial charge in [0, 0.05) is 143 Å². The van der Waals surface area contributed by atoms with Gasteiger partial charge in [-0.15, -0.1) is 0 Å². The van der Waals surface area contributed by atoms with E-state index >= 15 is 0 Å². The molecule has 10 aromatic heterocycles. The molecule has 16 heteroatoms. The highest BCUT2D eigenvalue weighted by Crippen LogP contribution is 2.46. The molecule has 16 nitrogen and oxygen atoms in total. The molecule has 30 rings (SSSR count). The van der Waals surface area contributed by atoms with Gasteiger partial charge in [0.15, 0.2) is 52.4 Å². The number of benzene rings is 20. The van der Waals surface area contributed by atoms with Crippen molar-refractivity contribution in [2.45, 2.75) is 0 Å². The van der Waals surface area contributed by atoms with Crippen LogP contribution in [-0.4, -0.2) is 58.6 Å². The second kappa shape index (κ2) is 34.6. The third-order valence-corrected chi connectivity index (χ3v) is 27.6. The zero-order chi connectivity index (χ0) is 95.5. The van der Waals surface area contributed by atoms with E-state index < -0.39 is 0 Å². The molecule has 678 valence electrons. The van der Waals surface area contributed by atoms with Gasteiger partial charge < -0.3 is 31.4 Å². The molecule has 0 unspecified atom stereocenters. The first-order valence-corrected chi connectivity index (χ1v) is 48.3. The van der Waals surface area contributed by atoms with Gasteiger partial charge in [0.2, 0.25) is 0 Å². The molecule has 0 atom stereocenters. The van der Waals surface area contributed by atoms with E-state index in [4.69, 9.17) is 62.5 Å². The van der Waals surface area contributed by atoms with Crippen LogP contribution in [0.4, 0.5) is 0 Å². The van der Waals surface area contributed by atoms with Gasteiger partial charge in [-0.3, -0.25) is 0 Å². The summed E-state index contributed by atoms with van der Waals surface area (Å²) >= 11 is 0. The van der Waals surface area contributed by atoms with Crippen LogP contribution in [0, 0.1) is 0 Å². The Labute approximate surface area is 827 Å². The summed E-state index contributed by atoms with van der Waals surface area (Å²) < 4.78 is 32.0. The van der Waals surface area contributed by atoms with Gasteiger partial charge in [0.25, 0.3) is 0 Å². The summed E-state index contributed by atoms with van der Waals surface area (Å²) in [5.74, 6) is 5.37. The maximum atomic E-state index is 6.29. The lowest BCUT2D eigenvalue weighted by atomic mass is 10.0. The summed E-state index contributed by atoms with van der Waals surface area (Å²) in [6.07, 6.45) is 0. The minimum absolute atomic E-state index is 0.561. The van der Waals surface area contributed by atoms with Crippen LogP contribution in [0.25, 0.3) is 284 Å². The van der Waals surface area contributed by atoms with Gasteiger partial charge in [-0.2, -0.15) is 0 Å². The van der Waals surface area contributed by atoms with Crippen molar-refractivity contribution in [2.24, 2.45) is 0 Å². The van der Waals surface area contributed by atoms with Crippen molar-refractivity contribution in [3.8, 4) is 131 Å². The van der Waals surface area contributed by atoms with E-state index in [1.54, 1.807) is 0 Å². The van der Waals surface area contributed by atoms with Crippen LogP contribution in [0.1, 0.15) is 0 Å². The van der Waals surface area contributed by atoms with Crippen LogP contribution < -0.4 is 0 Å². The summed E-state index contributed by atoms with van der Waals surface area (Å²) in [5.41, 5.74) is 26.9. The largest absolute Gasteiger partial charge is 0.456 e. The molecule has 30 aromatic rings. The Kier molecular flexibility index (Phi) is 19.8. The number of para-hydroxylation sites is 10. The number of aromatic nitrogens is 12. The Morgan fingerprint density at radius 2 is 0.331 bits per heavy atom. The van der Waals surface area contributed by atoms with E-state index in [9.17, 15) is 0 Å². The molecule has 0 bridgehead atoms. The third-order valence-electron chi connectivity index (χ3n) is 27.6. The normalized spacial score (nSPS) is 11.7. The zero-order valence-corrected chi connectivity index (χ0v) is 77.5. The fraction of sp³-hybridized carbons (Fsp3) is 0. The van der Waals surface area contributed by atoms with Crippen LogP contribution in [0.15, 0.2) is 491 Å². The Bertz CT molecular complexity index is 10200. The zero-order valence-electron chi connectivity index (χ0n) is 77.5. The van der Waals surface area contributed by atoms with Crippen LogP contribution in [0.5, 0.6) is 0 Å². The quantitative estimate of drug-likeness (QED) is 0.106. The first-order chi connectivity index (χ1) is 71.9. The molecule has 0 radical (unpaired) electrons. The maximum absolute atomic E-state index is 6.29. The predicted octanol–water partition coefficient (Wildman–Crippen LogP) is 33.2. The van der Waals surface area contributed by atoms with E-state index in [2.05, 4.69) is 335 Å². The highest BCUT2D eigenvalue weighted by atomic mass is 16.3. The number of furan rings is 4. The first-order valence-electron chi connectivity index (χ1n) is 48.3. The maximum Gasteiger partial charge on any atom is 0.164 e. The number of hydrogen-bond donors (Lipinski definition) is 0. The SMILES string of the molecule is c1ccc(-c2ccc(-c3nc(-c4ccc5c(c4)oc4ccccc45)nc(-c4cccc5c4c4ccccc4n5-c4ccccc4)n3)cc2)cc1.c1ccc(-c2nc(-c3ccc4c(c3)oc3ccccc34)nc(-c3cccc4c3c3ccccc3n4-c3ccccc3)n2)cc1.c1ccc(-n2c3ccccc3c3c(-c4nc(-c5ccc6c(c5)oc5ccccc56)nc(-c5ccc6c(c5)oc5ccccc56)n4)cccc32)cc1. The summed E-state index contributed by atoms with van der Waals surface area (Å²) in [4.78, 5) is 46.2. The van der Waals surface area contributed by atoms with Crippen molar-refractivity contribution in [1.82, 2.24) is 58.6 Å². The van der Waals surface area contributed by atoms with E-state index in [1.165, 1.54) is 0 Å². The number of rotatable bonds is 13. The number of hydrogen-bond acceptors (Lipinski definition) is 13. The van der Waals surface area contributed by atoms with E-state index in [0.717, 1.165) is 231 Å². The lowest BCUT2D eigenvalue weighted by Crippen LogP contribution is -2.00. The van der Waals surface area contributed by atoms with Crippen LogP contribution >= 0.6 is 0 Å². The van der Waals surface area contributed by atoms with E-state index in [1.807, 2.05) is 152 Å². The smallest absolute Gasteiger partial charge is 0.164 e. The average molecular weight is 1860 g/mol. The fourth-order valence-electron chi connectivity index (χ4n) is 20.9. The van der Waals surface area contributed by atoms with Gasteiger partial charge in [-0.25, -0.2) is 44.9 Å². The monoisotopic (exact) mass is 1860 g/mol. The molecule has 0 spiro atoms. The fourth-order valence-corrected chi connectivity index (χ4v) is 20.9. The van der Waals surface area contributed by atoms with Gasteiger partial charge in [-0.1, -0.05) is 328 Å². The van der Waals surface area contributed by atoms with Crippen LogP contribution in [0.2, 0.25) is 0 Å². The molecule has 0 aliphatic heterocycles. The van der Waals surface area contributed by atoms with Gasteiger partial charge in [-0.05, 0) is 157 Å². The highest BCUT2D eigenvalue weighted by molar-refractivity contribution is 6.19. The van der Waals surface area contributed by atoms with E-state index in [0.29, 0.717) is 52.4 Å². The van der Waals surface area contributed by atoms with Crippen molar-refractivity contribution in [2.75, 3.05) is 0 Å². The average Bonchev–Trinajstić information content (AvgIpc) is 1.59. The molecule has 145 heavy (non-hydrogen) atoms. The van der Waals surface area contributed by atoms with Gasteiger partial charge in [0.05, 0.1) is 33.1 Å².